The van der Waals surface area contributed by atoms with Gasteiger partial charge >= 0.3 is 0 Å². The van der Waals surface area contributed by atoms with Gasteiger partial charge in [0.1, 0.15) is 0 Å². The normalized spacial score (nSPS) is 28.6. The molecule has 1 heterocycles. The Balaban J connectivity index is 2.19. The van der Waals surface area contributed by atoms with Crippen molar-refractivity contribution in [3.05, 3.63) is 35.4 Å². The first-order valence-corrected chi connectivity index (χ1v) is 7.28. The fourth-order valence-electron chi connectivity index (χ4n) is 3.10. The zero-order valence-electron chi connectivity index (χ0n) is 12.5. The van der Waals surface area contributed by atoms with Gasteiger partial charge in [-0.15, -0.1) is 0 Å². The molecular formula is C17H27N. The topological polar surface area (TPSA) is 12.0 Å². The van der Waals surface area contributed by atoms with Gasteiger partial charge < -0.3 is 5.32 Å². The third-order valence-electron chi connectivity index (χ3n) is 4.24. The molecule has 1 N–H and O–H groups in total. The monoisotopic (exact) mass is 245 g/mol. The lowest BCUT2D eigenvalue weighted by Crippen LogP contribution is -2.28. The minimum atomic E-state index is 0.254. The van der Waals surface area contributed by atoms with Crippen molar-refractivity contribution in [2.24, 2.45) is 0 Å². The van der Waals surface area contributed by atoms with E-state index in [-0.39, 0.29) is 5.41 Å². The summed E-state index contributed by atoms with van der Waals surface area (Å²) < 4.78 is 0. The first-order valence-electron chi connectivity index (χ1n) is 7.28. The Kier molecular flexibility index (Phi) is 3.82. The Labute approximate surface area is 112 Å². The summed E-state index contributed by atoms with van der Waals surface area (Å²) in [4.78, 5) is 0. The van der Waals surface area contributed by atoms with Crippen LogP contribution in [0.3, 0.4) is 0 Å². The molecule has 1 aromatic carbocycles. The summed E-state index contributed by atoms with van der Waals surface area (Å²) in [5.41, 5.74) is 3.19. The lowest BCUT2D eigenvalue weighted by molar-refractivity contribution is 0.517. The fourth-order valence-corrected chi connectivity index (χ4v) is 3.10. The van der Waals surface area contributed by atoms with Crippen LogP contribution in [0.2, 0.25) is 0 Å². The Morgan fingerprint density at radius 3 is 2.28 bits per heavy atom. The van der Waals surface area contributed by atoms with E-state index in [1.807, 2.05) is 0 Å². The molecule has 0 spiro atoms. The van der Waals surface area contributed by atoms with E-state index in [2.05, 4.69) is 64.2 Å². The van der Waals surface area contributed by atoms with Crippen molar-refractivity contribution in [2.75, 3.05) is 0 Å². The van der Waals surface area contributed by atoms with Crippen LogP contribution in [0, 0.1) is 0 Å². The van der Waals surface area contributed by atoms with E-state index in [1.165, 1.54) is 24.0 Å². The van der Waals surface area contributed by atoms with E-state index in [1.54, 1.807) is 0 Å². The minimum Gasteiger partial charge on any atom is -0.311 e. The molecule has 1 fully saturated rings. The molecule has 1 aliphatic rings. The molecule has 1 aromatic rings. The molecule has 100 valence electrons. The highest BCUT2D eigenvalue weighted by Crippen LogP contribution is 2.33. The van der Waals surface area contributed by atoms with Gasteiger partial charge in [0.25, 0.3) is 0 Å². The number of benzene rings is 1. The second-order valence-electron chi connectivity index (χ2n) is 6.80. The quantitative estimate of drug-likeness (QED) is 0.822. The van der Waals surface area contributed by atoms with Crippen LogP contribution < -0.4 is 5.32 Å². The number of nitrogens with one attached hydrogen (secondary N) is 1. The molecule has 3 unspecified atom stereocenters. The van der Waals surface area contributed by atoms with Gasteiger partial charge in [0.15, 0.2) is 0 Å². The van der Waals surface area contributed by atoms with Crippen molar-refractivity contribution in [1.29, 1.82) is 0 Å². The van der Waals surface area contributed by atoms with Gasteiger partial charge in [-0.1, -0.05) is 52.0 Å². The summed E-state index contributed by atoms with van der Waals surface area (Å²) in [6, 6.07) is 10.6. The van der Waals surface area contributed by atoms with E-state index < -0.39 is 0 Å². The first kappa shape index (κ1) is 13.6. The van der Waals surface area contributed by atoms with Crippen LogP contribution in [0.4, 0.5) is 0 Å². The third-order valence-corrected chi connectivity index (χ3v) is 4.24. The zero-order chi connectivity index (χ0) is 13.3. The molecule has 0 radical (unpaired) electrons. The summed E-state index contributed by atoms with van der Waals surface area (Å²) in [7, 11) is 0. The molecule has 0 aromatic heterocycles. The fraction of sp³-hybridized carbons (Fsp3) is 0.647. The predicted octanol–water partition coefficient (Wildman–Crippen LogP) is 4.23. The van der Waals surface area contributed by atoms with Gasteiger partial charge in [-0.05, 0) is 36.3 Å². The predicted molar refractivity (Wildman–Crippen MR) is 79.2 cm³/mol. The van der Waals surface area contributed by atoms with Crippen molar-refractivity contribution in [3.8, 4) is 0 Å². The average Bonchev–Trinajstić information content (AvgIpc) is 2.69. The Hall–Kier alpha value is -0.820. The van der Waals surface area contributed by atoms with Crippen molar-refractivity contribution >= 4 is 0 Å². The summed E-state index contributed by atoms with van der Waals surface area (Å²) in [5, 5.41) is 3.70. The van der Waals surface area contributed by atoms with Crippen LogP contribution in [-0.4, -0.2) is 12.1 Å². The van der Waals surface area contributed by atoms with Crippen LogP contribution in [0.15, 0.2) is 24.3 Å². The molecule has 0 aliphatic carbocycles. The van der Waals surface area contributed by atoms with Crippen molar-refractivity contribution in [2.45, 2.75) is 70.9 Å². The Morgan fingerprint density at radius 1 is 1.17 bits per heavy atom. The smallest absolute Gasteiger partial charge is 0.0136 e. The van der Waals surface area contributed by atoms with E-state index in [4.69, 9.17) is 0 Å². The molecule has 3 atom stereocenters. The molecular weight excluding hydrogens is 218 g/mol. The SMILES string of the molecule is CCC1NC(C)CC1c1ccc(C(C)(C)C)cc1. The van der Waals surface area contributed by atoms with Crippen molar-refractivity contribution in [1.82, 2.24) is 5.32 Å². The largest absolute Gasteiger partial charge is 0.311 e. The van der Waals surface area contributed by atoms with Crippen molar-refractivity contribution in [3.63, 3.8) is 0 Å². The summed E-state index contributed by atoms with van der Waals surface area (Å²) in [6.07, 6.45) is 2.49. The van der Waals surface area contributed by atoms with E-state index >= 15 is 0 Å². The molecule has 1 saturated heterocycles. The Morgan fingerprint density at radius 2 is 1.78 bits per heavy atom. The van der Waals surface area contributed by atoms with Gasteiger partial charge in [0.05, 0.1) is 0 Å². The van der Waals surface area contributed by atoms with E-state index in [0.29, 0.717) is 18.0 Å². The highest BCUT2D eigenvalue weighted by Gasteiger charge is 2.31. The lowest BCUT2D eigenvalue weighted by atomic mass is 9.84. The molecule has 1 aliphatic heterocycles. The second-order valence-corrected chi connectivity index (χ2v) is 6.80. The lowest BCUT2D eigenvalue weighted by Gasteiger charge is -2.22. The minimum absolute atomic E-state index is 0.254. The van der Waals surface area contributed by atoms with Gasteiger partial charge in [-0.3, -0.25) is 0 Å². The van der Waals surface area contributed by atoms with Crippen LogP contribution in [0.1, 0.15) is 64.5 Å². The maximum atomic E-state index is 3.70. The van der Waals surface area contributed by atoms with Crippen LogP contribution in [0.5, 0.6) is 0 Å². The highest BCUT2D eigenvalue weighted by atomic mass is 15.0. The average molecular weight is 245 g/mol. The van der Waals surface area contributed by atoms with Crippen LogP contribution in [0.25, 0.3) is 0 Å². The molecule has 1 nitrogen and oxygen atoms in total. The highest BCUT2D eigenvalue weighted by molar-refractivity contribution is 5.31. The standard InChI is InChI=1S/C17H27N/c1-6-16-15(11-12(2)18-16)13-7-9-14(10-8-13)17(3,4)5/h7-10,12,15-16,18H,6,11H2,1-5H3. The molecule has 18 heavy (non-hydrogen) atoms. The molecule has 0 amide bonds. The van der Waals surface area contributed by atoms with Gasteiger partial charge in [0.2, 0.25) is 0 Å². The summed E-state index contributed by atoms with van der Waals surface area (Å²) >= 11 is 0. The Bertz CT molecular complexity index is 385. The maximum Gasteiger partial charge on any atom is 0.0136 e. The first-order chi connectivity index (χ1) is 8.41. The summed E-state index contributed by atoms with van der Waals surface area (Å²) in [6.45, 7) is 11.4. The maximum absolute atomic E-state index is 3.70. The van der Waals surface area contributed by atoms with Gasteiger partial charge in [0, 0.05) is 18.0 Å². The number of hydrogen-bond donors (Lipinski definition) is 1. The van der Waals surface area contributed by atoms with Gasteiger partial charge in [-0.2, -0.15) is 0 Å². The molecule has 2 rings (SSSR count). The second kappa shape index (κ2) is 5.05. The molecule has 0 saturated carbocycles. The van der Waals surface area contributed by atoms with Crippen LogP contribution >= 0.6 is 0 Å². The summed E-state index contributed by atoms with van der Waals surface area (Å²) in [5.74, 6) is 0.694. The molecule has 0 bridgehead atoms. The number of hydrogen-bond acceptors (Lipinski definition) is 1. The van der Waals surface area contributed by atoms with E-state index in [0.717, 1.165) is 0 Å². The zero-order valence-corrected chi connectivity index (χ0v) is 12.5. The molecule has 1 heteroatoms. The van der Waals surface area contributed by atoms with Crippen molar-refractivity contribution < 1.29 is 0 Å². The van der Waals surface area contributed by atoms with E-state index in [9.17, 15) is 0 Å². The third kappa shape index (κ3) is 2.77. The van der Waals surface area contributed by atoms with Crippen LogP contribution in [-0.2, 0) is 5.41 Å². The van der Waals surface area contributed by atoms with Gasteiger partial charge in [-0.25, -0.2) is 0 Å². The number of rotatable bonds is 2.